The Morgan fingerprint density at radius 1 is 0.684 bits per heavy atom. The minimum Gasteiger partial charge on any atom is -0.306 e. The molecule has 0 aliphatic heterocycles. The Kier molecular flexibility index (Phi) is 14.3. The van der Waals surface area contributed by atoms with E-state index in [0.29, 0.717) is 6.04 Å². The lowest BCUT2D eigenvalue weighted by Crippen LogP contribution is -2.24. The Hall–Kier alpha value is -0.0400. The molecule has 0 fully saturated rings. The third-order valence-electron chi connectivity index (χ3n) is 4.12. The van der Waals surface area contributed by atoms with Gasteiger partial charge in [-0.2, -0.15) is 0 Å². The van der Waals surface area contributed by atoms with Gasteiger partial charge >= 0.3 is 0 Å². The van der Waals surface area contributed by atoms with E-state index in [2.05, 4.69) is 32.8 Å². The number of nitrogens with zero attached hydrogens (tertiary/aromatic N) is 1. The summed E-state index contributed by atoms with van der Waals surface area (Å²) in [7, 11) is 4.25. The molecule has 1 nitrogen and oxygen atoms in total. The lowest BCUT2D eigenvalue weighted by Gasteiger charge is -2.19. The third kappa shape index (κ3) is 14.2. The van der Waals surface area contributed by atoms with Crippen molar-refractivity contribution >= 4 is 0 Å². The van der Waals surface area contributed by atoms with Crippen molar-refractivity contribution < 1.29 is 0 Å². The molecule has 0 aromatic heterocycles. The van der Waals surface area contributed by atoms with Crippen LogP contribution in [0.4, 0.5) is 0 Å². The number of rotatable bonds is 14. The van der Waals surface area contributed by atoms with Crippen LogP contribution in [0.5, 0.6) is 0 Å². The number of hydrogen-bond acceptors (Lipinski definition) is 1. The van der Waals surface area contributed by atoms with Crippen LogP contribution in [0.2, 0.25) is 0 Å². The molecule has 0 aromatic rings. The van der Waals surface area contributed by atoms with Crippen LogP contribution in [-0.2, 0) is 0 Å². The van der Waals surface area contributed by atoms with Crippen LogP contribution >= 0.6 is 0 Å². The summed E-state index contributed by atoms with van der Waals surface area (Å²) in [5.41, 5.74) is 0. The summed E-state index contributed by atoms with van der Waals surface area (Å²) in [4.78, 5) is 2.22. The highest BCUT2D eigenvalue weighted by molar-refractivity contribution is 4.67. The van der Waals surface area contributed by atoms with Gasteiger partial charge in [-0.15, -0.1) is 0 Å². The minimum atomic E-state index is 0.503. The van der Waals surface area contributed by atoms with Crippen molar-refractivity contribution in [3.63, 3.8) is 0 Å². The van der Waals surface area contributed by atoms with Gasteiger partial charge in [0, 0.05) is 6.04 Å². The van der Waals surface area contributed by atoms with Crippen LogP contribution in [0, 0.1) is 6.92 Å². The summed E-state index contributed by atoms with van der Waals surface area (Å²) in [5, 5.41) is 0. The molecule has 19 heavy (non-hydrogen) atoms. The van der Waals surface area contributed by atoms with Crippen LogP contribution in [0.3, 0.4) is 0 Å². The fraction of sp³-hybridized carbons (Fsp3) is 0.944. The van der Waals surface area contributed by atoms with Crippen molar-refractivity contribution in [1.29, 1.82) is 0 Å². The molecule has 0 bridgehead atoms. The molecule has 1 radical (unpaired) electrons. The van der Waals surface area contributed by atoms with Gasteiger partial charge in [-0.1, -0.05) is 84.0 Å². The fourth-order valence-electron chi connectivity index (χ4n) is 2.48. The molecule has 0 rings (SSSR count). The maximum atomic E-state index is 4.15. The molecule has 1 heteroatoms. The van der Waals surface area contributed by atoms with Crippen LogP contribution in [0.25, 0.3) is 0 Å². The van der Waals surface area contributed by atoms with Crippen molar-refractivity contribution in [2.24, 2.45) is 0 Å². The summed E-state index contributed by atoms with van der Waals surface area (Å²) >= 11 is 0. The van der Waals surface area contributed by atoms with Gasteiger partial charge in [0.25, 0.3) is 0 Å². The monoisotopic (exact) mass is 268 g/mol. The van der Waals surface area contributed by atoms with E-state index in [1.165, 1.54) is 83.5 Å². The van der Waals surface area contributed by atoms with E-state index >= 15 is 0 Å². The average molecular weight is 269 g/mol. The quantitative estimate of drug-likeness (QED) is 0.358. The summed E-state index contributed by atoms with van der Waals surface area (Å²) in [6.07, 6.45) is 18.4. The molecule has 0 N–H and O–H groups in total. The van der Waals surface area contributed by atoms with E-state index in [4.69, 9.17) is 0 Å². The Balaban J connectivity index is 3.03. The average Bonchev–Trinajstić information content (AvgIpc) is 2.39. The normalized spacial score (nSPS) is 13.1. The smallest absolute Gasteiger partial charge is 0.00897 e. The summed E-state index contributed by atoms with van der Waals surface area (Å²) in [6.45, 7) is 6.44. The first kappa shape index (κ1) is 19.0. The third-order valence-corrected chi connectivity index (χ3v) is 4.12. The van der Waals surface area contributed by atoms with Crippen molar-refractivity contribution in [2.75, 3.05) is 14.1 Å². The first-order valence-corrected chi connectivity index (χ1v) is 8.68. The van der Waals surface area contributed by atoms with Crippen molar-refractivity contribution in [3.05, 3.63) is 6.92 Å². The molecule has 0 saturated heterocycles. The highest BCUT2D eigenvalue weighted by atomic mass is 15.1. The first-order chi connectivity index (χ1) is 9.18. The zero-order valence-electron chi connectivity index (χ0n) is 13.9. The maximum absolute atomic E-state index is 4.15. The van der Waals surface area contributed by atoms with Crippen LogP contribution in [0.15, 0.2) is 0 Å². The van der Waals surface area contributed by atoms with Gasteiger partial charge in [0.15, 0.2) is 0 Å². The molecule has 0 aliphatic carbocycles. The molecule has 115 valence electrons. The Labute approximate surface area is 123 Å². The van der Waals surface area contributed by atoms with E-state index in [0.717, 1.165) is 0 Å². The number of hydrogen-bond donors (Lipinski definition) is 0. The summed E-state index contributed by atoms with van der Waals surface area (Å²) in [5.74, 6) is 0. The van der Waals surface area contributed by atoms with Gasteiger partial charge in [0.2, 0.25) is 0 Å². The van der Waals surface area contributed by atoms with Crippen LogP contribution in [0.1, 0.15) is 90.4 Å². The second kappa shape index (κ2) is 14.4. The molecule has 0 spiro atoms. The van der Waals surface area contributed by atoms with Gasteiger partial charge in [-0.25, -0.2) is 0 Å². The van der Waals surface area contributed by atoms with E-state index in [1.54, 1.807) is 0 Å². The second-order valence-electron chi connectivity index (χ2n) is 6.30. The minimum absolute atomic E-state index is 0.503. The molecular formula is C18H38N. The highest BCUT2D eigenvalue weighted by Gasteiger charge is 2.03. The molecule has 0 aliphatic rings. The van der Waals surface area contributed by atoms with Gasteiger partial charge in [-0.05, 0) is 27.4 Å². The first-order valence-electron chi connectivity index (χ1n) is 8.68. The Morgan fingerprint density at radius 3 is 1.42 bits per heavy atom. The lowest BCUT2D eigenvalue weighted by molar-refractivity contribution is 0.317. The SMILES string of the molecule is [CH2]C(CCCCCCCCCCCCCC)N(C)C. The summed E-state index contributed by atoms with van der Waals surface area (Å²) in [6, 6.07) is 0.503. The zero-order valence-corrected chi connectivity index (χ0v) is 13.9. The molecular weight excluding hydrogens is 230 g/mol. The standard InChI is InChI=1S/C18H38N/c1-5-6-7-8-9-10-11-12-13-14-15-16-17-18(2)19(3)4/h18H,2,5-17H2,1,3-4H3. The zero-order chi connectivity index (χ0) is 14.3. The maximum Gasteiger partial charge on any atom is 0.00897 e. The van der Waals surface area contributed by atoms with Gasteiger partial charge in [0.05, 0.1) is 0 Å². The van der Waals surface area contributed by atoms with Crippen molar-refractivity contribution in [1.82, 2.24) is 4.90 Å². The largest absolute Gasteiger partial charge is 0.306 e. The van der Waals surface area contributed by atoms with E-state index in [9.17, 15) is 0 Å². The Bertz CT molecular complexity index is 165. The molecule has 1 atom stereocenters. The topological polar surface area (TPSA) is 3.24 Å². The predicted molar refractivity (Wildman–Crippen MR) is 88.5 cm³/mol. The van der Waals surface area contributed by atoms with Crippen molar-refractivity contribution in [2.45, 2.75) is 96.4 Å². The van der Waals surface area contributed by atoms with Gasteiger partial charge in [0.1, 0.15) is 0 Å². The van der Waals surface area contributed by atoms with Crippen LogP contribution < -0.4 is 0 Å². The molecule has 0 saturated carbocycles. The predicted octanol–water partition coefficient (Wildman–Crippen LogP) is 5.84. The summed E-state index contributed by atoms with van der Waals surface area (Å²) < 4.78 is 0. The Morgan fingerprint density at radius 2 is 1.05 bits per heavy atom. The van der Waals surface area contributed by atoms with Crippen molar-refractivity contribution in [3.8, 4) is 0 Å². The van der Waals surface area contributed by atoms with E-state index in [1.807, 2.05) is 0 Å². The van der Waals surface area contributed by atoms with Crippen LogP contribution in [-0.4, -0.2) is 25.0 Å². The molecule has 0 heterocycles. The molecule has 0 amide bonds. The van der Waals surface area contributed by atoms with Gasteiger partial charge in [-0.3, -0.25) is 0 Å². The number of unbranched alkanes of at least 4 members (excludes halogenated alkanes) is 11. The highest BCUT2D eigenvalue weighted by Crippen LogP contribution is 2.13. The van der Waals surface area contributed by atoms with E-state index in [-0.39, 0.29) is 0 Å². The second-order valence-corrected chi connectivity index (χ2v) is 6.30. The molecule has 1 unspecified atom stereocenters. The fourth-order valence-corrected chi connectivity index (χ4v) is 2.48. The lowest BCUT2D eigenvalue weighted by atomic mass is 10.0. The molecule has 0 aromatic carbocycles. The van der Waals surface area contributed by atoms with Gasteiger partial charge < -0.3 is 4.90 Å². The van der Waals surface area contributed by atoms with E-state index < -0.39 is 0 Å².